The third kappa shape index (κ3) is 3.07. The summed E-state index contributed by atoms with van der Waals surface area (Å²) in [5, 5.41) is 9.15. The summed E-state index contributed by atoms with van der Waals surface area (Å²) in [5.41, 5.74) is 7.17. The zero-order valence-electron chi connectivity index (χ0n) is 9.17. The molecular formula is C13H13NO2S. The SMILES string of the molecule is Nc1cccc(S(=O)Cc2ccc(O)cc2)c1. The molecule has 3 N–H and O–H groups in total. The lowest BCUT2D eigenvalue weighted by Gasteiger charge is -2.03. The Hall–Kier alpha value is -1.81. The van der Waals surface area contributed by atoms with Crippen LogP contribution in [0, 0.1) is 0 Å². The van der Waals surface area contributed by atoms with Gasteiger partial charge in [-0.15, -0.1) is 0 Å². The van der Waals surface area contributed by atoms with Gasteiger partial charge in [0.05, 0.1) is 16.6 Å². The summed E-state index contributed by atoms with van der Waals surface area (Å²) in [6.45, 7) is 0. The quantitative estimate of drug-likeness (QED) is 0.818. The van der Waals surface area contributed by atoms with Crippen molar-refractivity contribution in [3.8, 4) is 5.75 Å². The van der Waals surface area contributed by atoms with E-state index in [4.69, 9.17) is 10.8 Å². The Bertz CT molecular complexity index is 537. The molecule has 0 bridgehead atoms. The summed E-state index contributed by atoms with van der Waals surface area (Å²) in [5.74, 6) is 0.632. The van der Waals surface area contributed by atoms with Crippen LogP contribution in [-0.4, -0.2) is 9.32 Å². The molecule has 0 fully saturated rings. The van der Waals surface area contributed by atoms with Gasteiger partial charge in [0.25, 0.3) is 0 Å². The Morgan fingerprint density at radius 2 is 1.82 bits per heavy atom. The molecule has 2 rings (SSSR count). The number of rotatable bonds is 3. The number of hydrogen-bond donors (Lipinski definition) is 2. The van der Waals surface area contributed by atoms with E-state index in [1.165, 1.54) is 0 Å². The maximum absolute atomic E-state index is 12.0. The number of hydrogen-bond acceptors (Lipinski definition) is 3. The molecule has 3 nitrogen and oxygen atoms in total. The monoisotopic (exact) mass is 247 g/mol. The van der Waals surface area contributed by atoms with Crippen molar-refractivity contribution in [2.24, 2.45) is 0 Å². The van der Waals surface area contributed by atoms with Gasteiger partial charge >= 0.3 is 0 Å². The van der Waals surface area contributed by atoms with Crippen LogP contribution in [0.25, 0.3) is 0 Å². The molecule has 88 valence electrons. The fraction of sp³-hybridized carbons (Fsp3) is 0.0769. The van der Waals surface area contributed by atoms with Gasteiger partial charge in [-0.2, -0.15) is 0 Å². The predicted octanol–water partition coefficient (Wildman–Crippen LogP) is 2.28. The van der Waals surface area contributed by atoms with Crippen LogP contribution < -0.4 is 5.73 Å². The average Bonchev–Trinajstić information content (AvgIpc) is 2.32. The molecule has 2 aromatic carbocycles. The summed E-state index contributed by atoms with van der Waals surface area (Å²) in [7, 11) is -1.11. The van der Waals surface area contributed by atoms with Gasteiger partial charge in [-0.05, 0) is 35.9 Å². The zero-order chi connectivity index (χ0) is 12.3. The standard InChI is InChI=1S/C13H13NO2S/c14-11-2-1-3-13(8-11)17(16)9-10-4-6-12(15)7-5-10/h1-8,15H,9,14H2. The van der Waals surface area contributed by atoms with E-state index in [9.17, 15) is 4.21 Å². The molecule has 0 radical (unpaired) electrons. The predicted molar refractivity (Wildman–Crippen MR) is 69.1 cm³/mol. The van der Waals surface area contributed by atoms with E-state index in [0.29, 0.717) is 11.4 Å². The van der Waals surface area contributed by atoms with Gasteiger partial charge < -0.3 is 10.8 Å². The number of nitrogen functional groups attached to an aromatic ring is 1. The number of nitrogens with two attached hydrogens (primary N) is 1. The van der Waals surface area contributed by atoms with Crippen molar-refractivity contribution in [1.29, 1.82) is 0 Å². The summed E-state index contributed by atoms with van der Waals surface area (Å²) in [6, 6.07) is 13.8. The first-order valence-corrected chi connectivity index (χ1v) is 6.49. The number of benzene rings is 2. The van der Waals surface area contributed by atoms with Gasteiger partial charge in [-0.3, -0.25) is 4.21 Å². The molecule has 1 atom stereocenters. The minimum absolute atomic E-state index is 0.212. The Morgan fingerprint density at radius 3 is 2.47 bits per heavy atom. The third-order valence-corrected chi connectivity index (χ3v) is 3.73. The minimum atomic E-state index is -1.11. The lowest BCUT2D eigenvalue weighted by Crippen LogP contribution is -1.97. The highest BCUT2D eigenvalue weighted by molar-refractivity contribution is 7.84. The fourth-order valence-corrected chi connectivity index (χ4v) is 2.64. The molecule has 1 unspecified atom stereocenters. The molecule has 0 amide bonds. The van der Waals surface area contributed by atoms with E-state index in [2.05, 4.69) is 0 Å². The number of anilines is 1. The van der Waals surface area contributed by atoms with Gasteiger partial charge in [-0.25, -0.2) is 0 Å². The van der Waals surface area contributed by atoms with Gasteiger partial charge in [-0.1, -0.05) is 18.2 Å². The molecular weight excluding hydrogens is 234 g/mol. The van der Waals surface area contributed by atoms with E-state index in [1.54, 1.807) is 48.5 Å². The van der Waals surface area contributed by atoms with Gasteiger partial charge in [0.1, 0.15) is 5.75 Å². The topological polar surface area (TPSA) is 63.3 Å². The molecule has 0 aliphatic carbocycles. The van der Waals surface area contributed by atoms with Crippen molar-refractivity contribution >= 4 is 16.5 Å². The zero-order valence-corrected chi connectivity index (χ0v) is 9.98. The Kier molecular flexibility index (Phi) is 3.44. The highest BCUT2D eigenvalue weighted by Gasteiger charge is 2.05. The van der Waals surface area contributed by atoms with Crippen LogP contribution in [0.1, 0.15) is 5.56 Å². The smallest absolute Gasteiger partial charge is 0.115 e. The van der Waals surface area contributed by atoms with Crippen LogP contribution >= 0.6 is 0 Å². The first-order chi connectivity index (χ1) is 8.15. The molecule has 0 aromatic heterocycles. The second-order valence-corrected chi connectivity index (χ2v) is 5.18. The van der Waals surface area contributed by atoms with Crippen LogP contribution in [0.15, 0.2) is 53.4 Å². The van der Waals surface area contributed by atoms with E-state index in [-0.39, 0.29) is 5.75 Å². The van der Waals surface area contributed by atoms with Crippen molar-refractivity contribution in [3.05, 3.63) is 54.1 Å². The normalized spacial score (nSPS) is 12.2. The summed E-state index contributed by atoms with van der Waals surface area (Å²) in [6.07, 6.45) is 0. The number of aromatic hydroxyl groups is 1. The van der Waals surface area contributed by atoms with Gasteiger partial charge in [0.2, 0.25) is 0 Å². The molecule has 0 saturated carbocycles. The molecule has 2 aromatic rings. The van der Waals surface area contributed by atoms with Crippen molar-refractivity contribution in [2.75, 3.05) is 5.73 Å². The van der Waals surface area contributed by atoms with Crippen LogP contribution in [0.4, 0.5) is 5.69 Å². The van der Waals surface area contributed by atoms with Crippen LogP contribution in [0.5, 0.6) is 5.75 Å². The number of phenolic OH excluding ortho intramolecular Hbond substituents is 1. The molecule has 0 aliphatic rings. The maximum Gasteiger partial charge on any atom is 0.115 e. The van der Waals surface area contributed by atoms with E-state index in [0.717, 1.165) is 10.5 Å². The third-order valence-electron chi connectivity index (χ3n) is 2.36. The largest absolute Gasteiger partial charge is 0.508 e. The van der Waals surface area contributed by atoms with Crippen molar-refractivity contribution in [3.63, 3.8) is 0 Å². The van der Waals surface area contributed by atoms with E-state index >= 15 is 0 Å². The molecule has 0 saturated heterocycles. The second-order valence-electron chi connectivity index (χ2n) is 3.73. The molecule has 4 heteroatoms. The van der Waals surface area contributed by atoms with Gasteiger partial charge in [0, 0.05) is 10.6 Å². The lowest BCUT2D eigenvalue weighted by atomic mass is 10.2. The first-order valence-electron chi connectivity index (χ1n) is 5.17. The Balaban J connectivity index is 2.14. The Morgan fingerprint density at radius 1 is 1.12 bits per heavy atom. The van der Waals surface area contributed by atoms with E-state index in [1.807, 2.05) is 0 Å². The lowest BCUT2D eigenvalue weighted by molar-refractivity contribution is 0.475. The molecule has 0 aliphatic heterocycles. The molecule has 17 heavy (non-hydrogen) atoms. The highest BCUT2D eigenvalue weighted by Crippen LogP contribution is 2.16. The van der Waals surface area contributed by atoms with Crippen molar-refractivity contribution in [2.45, 2.75) is 10.6 Å². The Labute approximate surface area is 102 Å². The molecule has 0 heterocycles. The summed E-state index contributed by atoms with van der Waals surface area (Å²) in [4.78, 5) is 0.720. The van der Waals surface area contributed by atoms with Crippen LogP contribution in [-0.2, 0) is 16.6 Å². The van der Waals surface area contributed by atoms with Crippen LogP contribution in [0.2, 0.25) is 0 Å². The second kappa shape index (κ2) is 5.01. The number of phenols is 1. The molecule has 0 spiro atoms. The fourth-order valence-electron chi connectivity index (χ4n) is 1.48. The van der Waals surface area contributed by atoms with Gasteiger partial charge in [0.15, 0.2) is 0 Å². The van der Waals surface area contributed by atoms with Crippen LogP contribution in [0.3, 0.4) is 0 Å². The summed E-state index contributed by atoms with van der Waals surface area (Å²) >= 11 is 0. The average molecular weight is 247 g/mol. The van der Waals surface area contributed by atoms with E-state index < -0.39 is 10.8 Å². The minimum Gasteiger partial charge on any atom is -0.508 e. The maximum atomic E-state index is 12.0. The van der Waals surface area contributed by atoms with Crippen molar-refractivity contribution < 1.29 is 9.32 Å². The highest BCUT2D eigenvalue weighted by atomic mass is 32.2. The first kappa shape index (κ1) is 11.7. The summed E-state index contributed by atoms with van der Waals surface area (Å²) < 4.78 is 12.0. The van der Waals surface area contributed by atoms with Crippen molar-refractivity contribution in [1.82, 2.24) is 0 Å².